The molecule has 1 aromatic carbocycles. The molecule has 1 amide bonds. The average Bonchev–Trinajstić information content (AvgIpc) is 2.44. The Hall–Kier alpha value is -1.44. The third kappa shape index (κ3) is 6.68. The zero-order valence-corrected chi connectivity index (χ0v) is 15.3. The van der Waals surface area contributed by atoms with Crippen molar-refractivity contribution in [1.29, 1.82) is 0 Å². The molecule has 1 unspecified atom stereocenters. The minimum atomic E-state index is -3.25. The monoisotopic (exact) mass is 341 g/mol. The van der Waals surface area contributed by atoms with Crippen LogP contribution in [-0.2, 0) is 14.8 Å². The van der Waals surface area contributed by atoms with Crippen LogP contribution in [-0.4, -0.2) is 51.7 Å². The molecule has 0 aliphatic heterocycles. The van der Waals surface area contributed by atoms with Crippen molar-refractivity contribution in [2.24, 2.45) is 0 Å². The lowest BCUT2D eigenvalue weighted by molar-refractivity contribution is -0.116. The summed E-state index contributed by atoms with van der Waals surface area (Å²) in [4.78, 5) is 13.5. The van der Waals surface area contributed by atoms with Crippen LogP contribution in [0.3, 0.4) is 0 Å². The topological polar surface area (TPSA) is 78.5 Å². The van der Waals surface area contributed by atoms with Gasteiger partial charge in [0.15, 0.2) is 0 Å². The summed E-state index contributed by atoms with van der Waals surface area (Å²) in [6, 6.07) is 7.46. The molecule has 7 heteroatoms. The van der Waals surface area contributed by atoms with Crippen molar-refractivity contribution in [3.8, 4) is 0 Å². The summed E-state index contributed by atoms with van der Waals surface area (Å²) >= 11 is 0. The quantitative estimate of drug-likeness (QED) is 0.753. The van der Waals surface area contributed by atoms with Crippen molar-refractivity contribution in [2.45, 2.75) is 31.9 Å². The minimum absolute atomic E-state index is 0.0510. The van der Waals surface area contributed by atoms with Crippen molar-refractivity contribution in [1.82, 2.24) is 9.62 Å². The summed E-state index contributed by atoms with van der Waals surface area (Å²) in [5, 5.41) is 2.38. The number of benzene rings is 1. The van der Waals surface area contributed by atoms with Gasteiger partial charge in [0.2, 0.25) is 15.9 Å². The Kier molecular flexibility index (Phi) is 7.18. The zero-order chi connectivity index (χ0) is 17.6. The number of nitrogens with zero attached hydrogens (tertiary/aromatic N) is 1. The lowest BCUT2D eigenvalue weighted by atomic mass is 10.0. The van der Waals surface area contributed by atoms with Gasteiger partial charge in [-0.1, -0.05) is 19.1 Å². The molecule has 6 nitrogen and oxygen atoms in total. The van der Waals surface area contributed by atoms with E-state index in [1.807, 2.05) is 45.3 Å². The van der Waals surface area contributed by atoms with E-state index in [2.05, 4.69) is 10.0 Å². The first-order valence-corrected chi connectivity index (χ1v) is 9.19. The van der Waals surface area contributed by atoms with Crippen LogP contribution in [0, 0.1) is 0 Å². The fraction of sp³-hybridized carbons (Fsp3) is 0.562. The standard InChI is InChI=1S/C16H27N3O3S/c1-12(2)23(21,22)17-10-13(3)14-6-8-15(9-7-14)18-16(20)11-19(4)5/h6-9,12-13,17H,10-11H2,1-5H3,(H,18,20). The summed E-state index contributed by atoms with van der Waals surface area (Å²) in [6.07, 6.45) is 0. The number of sulfonamides is 1. The number of likely N-dealkylation sites (N-methyl/N-ethyl adjacent to an activating group) is 1. The molecule has 2 N–H and O–H groups in total. The third-order valence-corrected chi connectivity index (χ3v) is 5.24. The number of anilines is 1. The number of carbonyl (C=O) groups excluding carboxylic acids is 1. The van der Waals surface area contributed by atoms with Crippen LogP contribution in [0.4, 0.5) is 5.69 Å². The van der Waals surface area contributed by atoms with Crippen LogP contribution in [0.2, 0.25) is 0 Å². The molecule has 1 atom stereocenters. The fourth-order valence-electron chi connectivity index (χ4n) is 1.91. The van der Waals surface area contributed by atoms with Gasteiger partial charge in [-0.15, -0.1) is 0 Å². The lowest BCUT2D eigenvalue weighted by Crippen LogP contribution is -2.33. The van der Waals surface area contributed by atoms with Gasteiger partial charge in [0.25, 0.3) is 0 Å². The molecule has 23 heavy (non-hydrogen) atoms. The number of amides is 1. The molecule has 130 valence electrons. The number of hydrogen-bond acceptors (Lipinski definition) is 4. The normalized spacial score (nSPS) is 13.3. The third-order valence-electron chi connectivity index (χ3n) is 3.43. The summed E-state index contributed by atoms with van der Waals surface area (Å²) in [7, 11) is 0.423. The van der Waals surface area contributed by atoms with Gasteiger partial charge in [0.05, 0.1) is 11.8 Å². The molecule has 0 saturated carbocycles. The lowest BCUT2D eigenvalue weighted by Gasteiger charge is -2.16. The SMILES string of the molecule is CC(CNS(=O)(=O)C(C)C)c1ccc(NC(=O)CN(C)C)cc1. The molecule has 0 aromatic heterocycles. The second kappa shape index (κ2) is 8.42. The van der Waals surface area contributed by atoms with Crippen molar-refractivity contribution >= 4 is 21.6 Å². The smallest absolute Gasteiger partial charge is 0.238 e. The first-order valence-electron chi connectivity index (χ1n) is 7.65. The summed E-state index contributed by atoms with van der Waals surface area (Å²) in [6.45, 7) is 5.95. The Morgan fingerprint density at radius 2 is 1.70 bits per heavy atom. The Morgan fingerprint density at radius 1 is 1.13 bits per heavy atom. The highest BCUT2D eigenvalue weighted by Crippen LogP contribution is 2.18. The first kappa shape index (κ1) is 19.6. The predicted molar refractivity (Wildman–Crippen MR) is 94.1 cm³/mol. The minimum Gasteiger partial charge on any atom is -0.325 e. The molecular formula is C16H27N3O3S. The summed E-state index contributed by atoms with van der Waals surface area (Å²) in [5.41, 5.74) is 1.75. The van der Waals surface area contributed by atoms with E-state index in [1.165, 1.54) is 0 Å². The molecule has 0 saturated heterocycles. The maximum absolute atomic E-state index is 11.8. The summed E-state index contributed by atoms with van der Waals surface area (Å²) in [5.74, 6) is -0.0180. The average molecular weight is 341 g/mol. The highest BCUT2D eigenvalue weighted by molar-refractivity contribution is 7.90. The van der Waals surface area contributed by atoms with E-state index in [1.54, 1.807) is 18.7 Å². The number of carbonyl (C=O) groups is 1. The Morgan fingerprint density at radius 3 is 2.17 bits per heavy atom. The second-order valence-corrected chi connectivity index (χ2v) is 8.57. The van der Waals surface area contributed by atoms with E-state index in [4.69, 9.17) is 0 Å². The van der Waals surface area contributed by atoms with Crippen LogP contribution < -0.4 is 10.0 Å². The Bertz CT molecular complexity index is 610. The van der Waals surface area contributed by atoms with Gasteiger partial charge in [-0.25, -0.2) is 13.1 Å². The number of rotatable bonds is 8. The summed E-state index contributed by atoms with van der Waals surface area (Å²) < 4.78 is 26.2. The van der Waals surface area contributed by atoms with Crippen LogP contribution in [0.5, 0.6) is 0 Å². The molecule has 0 aliphatic carbocycles. The molecule has 0 radical (unpaired) electrons. The molecule has 1 rings (SSSR count). The maximum atomic E-state index is 11.8. The molecule has 1 aromatic rings. The number of nitrogens with one attached hydrogen (secondary N) is 2. The largest absolute Gasteiger partial charge is 0.325 e. The first-order chi connectivity index (χ1) is 10.6. The zero-order valence-electron chi connectivity index (χ0n) is 14.5. The van der Waals surface area contributed by atoms with Crippen molar-refractivity contribution < 1.29 is 13.2 Å². The second-order valence-electron chi connectivity index (χ2n) is 6.25. The highest BCUT2D eigenvalue weighted by atomic mass is 32.2. The Labute approximate surface area is 139 Å². The Balaban J connectivity index is 2.60. The van der Waals surface area contributed by atoms with E-state index in [9.17, 15) is 13.2 Å². The van der Waals surface area contributed by atoms with Gasteiger partial charge in [-0.2, -0.15) is 0 Å². The van der Waals surface area contributed by atoms with Crippen molar-refractivity contribution in [2.75, 3.05) is 32.5 Å². The van der Waals surface area contributed by atoms with E-state index >= 15 is 0 Å². The van der Waals surface area contributed by atoms with Gasteiger partial charge in [0.1, 0.15) is 0 Å². The molecule has 0 aliphatic rings. The van der Waals surface area contributed by atoms with Gasteiger partial charge in [0, 0.05) is 12.2 Å². The van der Waals surface area contributed by atoms with E-state index in [-0.39, 0.29) is 11.8 Å². The van der Waals surface area contributed by atoms with E-state index < -0.39 is 15.3 Å². The molecule has 0 bridgehead atoms. The van der Waals surface area contributed by atoms with Gasteiger partial charge < -0.3 is 10.2 Å². The predicted octanol–water partition coefficient (Wildman–Crippen LogP) is 1.62. The molecule has 0 spiro atoms. The van der Waals surface area contributed by atoms with Crippen molar-refractivity contribution in [3.63, 3.8) is 0 Å². The molecular weight excluding hydrogens is 314 g/mol. The van der Waals surface area contributed by atoms with E-state index in [0.29, 0.717) is 13.1 Å². The van der Waals surface area contributed by atoms with Gasteiger partial charge >= 0.3 is 0 Å². The van der Waals surface area contributed by atoms with E-state index in [0.717, 1.165) is 11.3 Å². The van der Waals surface area contributed by atoms with Crippen LogP contribution in [0.1, 0.15) is 32.3 Å². The molecule has 0 heterocycles. The van der Waals surface area contributed by atoms with Crippen LogP contribution in [0.25, 0.3) is 0 Å². The van der Waals surface area contributed by atoms with Gasteiger partial charge in [-0.3, -0.25) is 4.79 Å². The van der Waals surface area contributed by atoms with Crippen molar-refractivity contribution in [3.05, 3.63) is 29.8 Å². The number of hydrogen-bond donors (Lipinski definition) is 2. The van der Waals surface area contributed by atoms with Gasteiger partial charge in [-0.05, 0) is 51.6 Å². The van der Waals surface area contributed by atoms with Crippen LogP contribution >= 0.6 is 0 Å². The van der Waals surface area contributed by atoms with Crippen LogP contribution in [0.15, 0.2) is 24.3 Å². The highest BCUT2D eigenvalue weighted by Gasteiger charge is 2.17. The maximum Gasteiger partial charge on any atom is 0.238 e. The fourth-order valence-corrected chi connectivity index (χ4v) is 2.72. The molecule has 0 fully saturated rings.